The van der Waals surface area contributed by atoms with Crippen LogP contribution in [0.5, 0.6) is 0 Å². The summed E-state index contributed by atoms with van der Waals surface area (Å²) in [6, 6.07) is 1.33. The van der Waals surface area contributed by atoms with Gasteiger partial charge in [0.05, 0.1) is 6.33 Å². The molecule has 2 atom stereocenters. The Hall–Kier alpha value is -0.870. The highest BCUT2D eigenvalue weighted by atomic mass is 15.2. The molecule has 0 aromatic carbocycles. The summed E-state index contributed by atoms with van der Waals surface area (Å²) in [5, 5.41) is 3.59. The van der Waals surface area contributed by atoms with Crippen LogP contribution in [-0.4, -0.2) is 46.2 Å². The molecule has 1 aromatic rings. The number of hydrogen-bond acceptors (Lipinski definition) is 3. The van der Waals surface area contributed by atoms with Crippen LogP contribution in [0.2, 0.25) is 0 Å². The highest BCUT2D eigenvalue weighted by Gasteiger charge is 2.26. The molecule has 0 amide bonds. The van der Waals surface area contributed by atoms with E-state index in [-0.39, 0.29) is 0 Å². The second-order valence-electron chi connectivity index (χ2n) is 5.60. The third kappa shape index (κ3) is 4.32. The van der Waals surface area contributed by atoms with Crippen LogP contribution in [0.15, 0.2) is 18.7 Å². The summed E-state index contributed by atoms with van der Waals surface area (Å²) in [7, 11) is 0. The molecule has 0 saturated carbocycles. The van der Waals surface area contributed by atoms with Crippen LogP contribution in [0, 0.1) is 0 Å². The largest absolute Gasteiger partial charge is 0.337 e. The van der Waals surface area contributed by atoms with Gasteiger partial charge in [-0.15, -0.1) is 0 Å². The maximum atomic E-state index is 4.09. The van der Waals surface area contributed by atoms with Gasteiger partial charge in [0, 0.05) is 37.6 Å². The number of nitrogens with one attached hydrogen (secondary N) is 1. The first-order valence-electron chi connectivity index (χ1n) is 7.74. The second-order valence-corrected chi connectivity index (χ2v) is 5.60. The van der Waals surface area contributed by atoms with E-state index in [9.17, 15) is 0 Å². The zero-order valence-electron chi connectivity index (χ0n) is 12.4. The van der Waals surface area contributed by atoms with Crippen molar-refractivity contribution in [3.05, 3.63) is 18.7 Å². The molecule has 0 radical (unpaired) electrons. The number of likely N-dealkylation sites (N-methyl/N-ethyl adjacent to an activating group) is 1. The van der Waals surface area contributed by atoms with Crippen molar-refractivity contribution in [2.45, 2.75) is 58.2 Å². The first-order chi connectivity index (χ1) is 9.31. The van der Waals surface area contributed by atoms with Crippen molar-refractivity contribution >= 4 is 0 Å². The van der Waals surface area contributed by atoms with Crippen LogP contribution >= 0.6 is 0 Å². The van der Waals surface area contributed by atoms with Crippen molar-refractivity contribution in [3.8, 4) is 0 Å². The number of aryl methyl sites for hydroxylation is 1. The van der Waals surface area contributed by atoms with Crippen molar-refractivity contribution in [2.24, 2.45) is 0 Å². The van der Waals surface area contributed by atoms with Gasteiger partial charge in [-0.05, 0) is 39.3 Å². The minimum atomic E-state index is 0.610. The van der Waals surface area contributed by atoms with Gasteiger partial charge >= 0.3 is 0 Å². The van der Waals surface area contributed by atoms with Crippen LogP contribution < -0.4 is 5.32 Å². The van der Waals surface area contributed by atoms with Gasteiger partial charge in [-0.25, -0.2) is 4.98 Å². The van der Waals surface area contributed by atoms with E-state index in [1.165, 1.54) is 38.8 Å². The highest BCUT2D eigenvalue weighted by Crippen LogP contribution is 2.20. The van der Waals surface area contributed by atoms with E-state index in [0.29, 0.717) is 6.04 Å². The lowest BCUT2D eigenvalue weighted by Crippen LogP contribution is -2.51. The lowest BCUT2D eigenvalue weighted by atomic mass is 9.96. The van der Waals surface area contributed by atoms with Crippen LogP contribution in [0.1, 0.15) is 39.5 Å². The van der Waals surface area contributed by atoms with Gasteiger partial charge in [-0.3, -0.25) is 4.90 Å². The summed E-state index contributed by atoms with van der Waals surface area (Å²) in [6.07, 6.45) is 11.1. The Morgan fingerprint density at radius 3 is 3.00 bits per heavy atom. The molecule has 4 nitrogen and oxygen atoms in total. The zero-order chi connectivity index (χ0) is 13.5. The molecule has 0 spiro atoms. The molecule has 1 aliphatic rings. The Kier molecular flexibility index (Phi) is 5.86. The van der Waals surface area contributed by atoms with Crippen LogP contribution in [0.3, 0.4) is 0 Å². The average Bonchev–Trinajstić information content (AvgIpc) is 2.93. The smallest absolute Gasteiger partial charge is 0.0945 e. The topological polar surface area (TPSA) is 33.1 Å². The first kappa shape index (κ1) is 14.5. The Morgan fingerprint density at radius 1 is 1.37 bits per heavy atom. The quantitative estimate of drug-likeness (QED) is 0.819. The average molecular weight is 264 g/mol. The van der Waals surface area contributed by atoms with E-state index in [2.05, 4.69) is 39.8 Å². The Morgan fingerprint density at radius 2 is 2.26 bits per heavy atom. The third-order valence-electron chi connectivity index (χ3n) is 4.19. The zero-order valence-corrected chi connectivity index (χ0v) is 12.4. The predicted octanol–water partition coefficient (Wildman–Crippen LogP) is 2.13. The molecule has 0 aliphatic carbocycles. The monoisotopic (exact) mass is 264 g/mol. The van der Waals surface area contributed by atoms with Crippen molar-refractivity contribution < 1.29 is 0 Å². The van der Waals surface area contributed by atoms with E-state index in [1.807, 2.05) is 12.5 Å². The standard InChI is InChI=1S/C15H28N4/c1-3-17-14(2)15-7-4-5-10-19(15)11-6-9-18-12-8-16-13-18/h8,12-15,17H,3-7,9-11H2,1-2H3. The number of likely N-dealkylation sites (tertiary alicyclic amines) is 1. The fourth-order valence-corrected chi connectivity index (χ4v) is 3.19. The summed E-state index contributed by atoms with van der Waals surface area (Å²) in [6.45, 7) is 9.16. The van der Waals surface area contributed by atoms with Gasteiger partial charge in [-0.1, -0.05) is 13.3 Å². The van der Waals surface area contributed by atoms with Gasteiger partial charge < -0.3 is 9.88 Å². The summed E-state index contributed by atoms with van der Waals surface area (Å²) in [5.41, 5.74) is 0. The molecular formula is C15H28N4. The van der Waals surface area contributed by atoms with Crippen molar-refractivity contribution in [2.75, 3.05) is 19.6 Å². The molecule has 1 saturated heterocycles. The molecule has 19 heavy (non-hydrogen) atoms. The Bertz CT molecular complexity index is 336. The normalized spacial score (nSPS) is 22.5. The molecule has 1 fully saturated rings. The third-order valence-corrected chi connectivity index (χ3v) is 4.19. The van der Waals surface area contributed by atoms with E-state index < -0.39 is 0 Å². The molecule has 1 aliphatic heterocycles. The highest BCUT2D eigenvalue weighted by molar-refractivity contribution is 4.85. The Balaban J connectivity index is 1.78. The number of hydrogen-bond donors (Lipinski definition) is 1. The molecule has 4 heteroatoms. The molecule has 108 valence electrons. The summed E-state index contributed by atoms with van der Waals surface area (Å²) in [4.78, 5) is 6.78. The second kappa shape index (κ2) is 7.65. The van der Waals surface area contributed by atoms with Gasteiger partial charge in [-0.2, -0.15) is 0 Å². The minimum Gasteiger partial charge on any atom is -0.337 e. The van der Waals surface area contributed by atoms with Gasteiger partial charge in [0.15, 0.2) is 0 Å². The van der Waals surface area contributed by atoms with E-state index >= 15 is 0 Å². The van der Waals surface area contributed by atoms with Crippen LogP contribution in [0.4, 0.5) is 0 Å². The molecular weight excluding hydrogens is 236 g/mol. The van der Waals surface area contributed by atoms with Crippen molar-refractivity contribution in [1.82, 2.24) is 19.8 Å². The maximum absolute atomic E-state index is 4.09. The first-order valence-corrected chi connectivity index (χ1v) is 7.74. The Labute approximate surface area is 117 Å². The predicted molar refractivity (Wildman–Crippen MR) is 79.2 cm³/mol. The lowest BCUT2D eigenvalue weighted by molar-refractivity contribution is 0.117. The number of aromatic nitrogens is 2. The molecule has 1 N–H and O–H groups in total. The number of rotatable bonds is 7. The fraction of sp³-hybridized carbons (Fsp3) is 0.800. The number of piperidine rings is 1. The molecule has 0 bridgehead atoms. The fourth-order valence-electron chi connectivity index (χ4n) is 3.19. The number of nitrogens with zero attached hydrogens (tertiary/aromatic N) is 3. The minimum absolute atomic E-state index is 0.610. The van der Waals surface area contributed by atoms with Gasteiger partial charge in [0.2, 0.25) is 0 Å². The molecule has 2 rings (SSSR count). The van der Waals surface area contributed by atoms with Crippen molar-refractivity contribution in [3.63, 3.8) is 0 Å². The summed E-state index contributed by atoms with van der Waals surface area (Å²) in [5.74, 6) is 0. The van der Waals surface area contributed by atoms with E-state index in [0.717, 1.165) is 19.1 Å². The van der Waals surface area contributed by atoms with E-state index in [1.54, 1.807) is 0 Å². The summed E-state index contributed by atoms with van der Waals surface area (Å²) >= 11 is 0. The SMILES string of the molecule is CCNC(C)C1CCCCN1CCCn1ccnc1. The molecule has 2 heterocycles. The molecule has 1 aromatic heterocycles. The van der Waals surface area contributed by atoms with Crippen LogP contribution in [0.25, 0.3) is 0 Å². The lowest BCUT2D eigenvalue weighted by Gasteiger charge is -2.39. The van der Waals surface area contributed by atoms with Gasteiger partial charge in [0.25, 0.3) is 0 Å². The van der Waals surface area contributed by atoms with Gasteiger partial charge in [0.1, 0.15) is 0 Å². The molecule has 2 unspecified atom stereocenters. The maximum Gasteiger partial charge on any atom is 0.0945 e. The van der Waals surface area contributed by atoms with Crippen LogP contribution in [-0.2, 0) is 6.54 Å². The number of imidazole rings is 1. The van der Waals surface area contributed by atoms with Crippen molar-refractivity contribution in [1.29, 1.82) is 0 Å². The summed E-state index contributed by atoms with van der Waals surface area (Å²) < 4.78 is 2.17. The van der Waals surface area contributed by atoms with E-state index in [4.69, 9.17) is 0 Å².